The van der Waals surface area contributed by atoms with E-state index in [1.165, 1.54) is 12.1 Å². The van der Waals surface area contributed by atoms with Gasteiger partial charge in [-0.1, -0.05) is 24.9 Å². The Kier molecular flexibility index (Phi) is 9.74. The average molecular weight is 362 g/mol. The first-order valence-electron chi connectivity index (χ1n) is 6.72. The zero-order valence-electron chi connectivity index (χ0n) is 11.9. The van der Waals surface area contributed by atoms with E-state index in [9.17, 15) is 8.78 Å². The summed E-state index contributed by atoms with van der Waals surface area (Å²) in [6, 6.07) is 2.19. The molecule has 1 aliphatic rings. The summed E-state index contributed by atoms with van der Waals surface area (Å²) in [5.41, 5.74) is 0.160. The van der Waals surface area contributed by atoms with Crippen LogP contribution in [-0.2, 0) is 0 Å². The summed E-state index contributed by atoms with van der Waals surface area (Å²) >= 11 is 5.69. The van der Waals surface area contributed by atoms with Gasteiger partial charge in [-0.15, -0.1) is 24.8 Å². The maximum Gasteiger partial charge on any atom is 0.132 e. The van der Waals surface area contributed by atoms with Crippen LogP contribution in [0, 0.1) is 11.6 Å². The van der Waals surface area contributed by atoms with Gasteiger partial charge < -0.3 is 5.32 Å². The number of rotatable bonds is 4. The monoisotopic (exact) mass is 360 g/mol. The van der Waals surface area contributed by atoms with Gasteiger partial charge in [0, 0.05) is 42.8 Å². The van der Waals surface area contributed by atoms with Gasteiger partial charge in [0.25, 0.3) is 0 Å². The highest BCUT2D eigenvalue weighted by Gasteiger charge is 2.27. The maximum absolute atomic E-state index is 14.1. The van der Waals surface area contributed by atoms with E-state index in [0.717, 1.165) is 39.0 Å². The smallest absolute Gasteiger partial charge is 0.132 e. The van der Waals surface area contributed by atoms with Crippen molar-refractivity contribution < 1.29 is 8.78 Å². The molecule has 0 radical (unpaired) electrons. The number of nitrogens with one attached hydrogen (secondary N) is 1. The molecule has 1 fully saturated rings. The van der Waals surface area contributed by atoms with E-state index < -0.39 is 11.6 Å². The van der Waals surface area contributed by atoms with Crippen molar-refractivity contribution in [3.05, 3.63) is 34.4 Å². The molecule has 0 spiro atoms. The predicted molar refractivity (Wildman–Crippen MR) is 88.0 cm³/mol. The Morgan fingerprint density at radius 3 is 2.19 bits per heavy atom. The second-order valence-electron chi connectivity index (χ2n) is 4.87. The van der Waals surface area contributed by atoms with Crippen LogP contribution in [0.5, 0.6) is 0 Å². The third kappa shape index (κ3) is 5.22. The molecular weight excluding hydrogens is 341 g/mol. The minimum absolute atomic E-state index is 0. The first-order chi connectivity index (χ1) is 9.13. The molecule has 0 aliphatic carbocycles. The van der Waals surface area contributed by atoms with Crippen LogP contribution in [0.25, 0.3) is 0 Å². The molecule has 0 bridgehead atoms. The van der Waals surface area contributed by atoms with Crippen molar-refractivity contribution in [2.24, 2.45) is 0 Å². The molecule has 2 nitrogen and oxygen atoms in total. The standard InChI is InChI=1S/C14H19ClF2N2.2ClH/c1-2-3-13(19-6-4-18-5-7-19)14-11(16)8-10(15)9-12(14)17;;/h8-9,13,18H,2-7H2,1H3;2*1H/t13-;;/m1../s1. The predicted octanol–water partition coefficient (Wildman–Crippen LogP) is 4.21. The first-order valence-corrected chi connectivity index (χ1v) is 7.10. The lowest BCUT2D eigenvalue weighted by Crippen LogP contribution is -2.45. The van der Waals surface area contributed by atoms with Crippen LogP contribution in [0.15, 0.2) is 12.1 Å². The highest BCUT2D eigenvalue weighted by atomic mass is 35.5. The third-order valence-electron chi connectivity index (χ3n) is 3.53. The molecule has 7 heteroatoms. The zero-order valence-corrected chi connectivity index (χ0v) is 14.3. The lowest BCUT2D eigenvalue weighted by atomic mass is 9.98. The number of hydrogen-bond acceptors (Lipinski definition) is 2. The minimum Gasteiger partial charge on any atom is -0.314 e. The summed E-state index contributed by atoms with van der Waals surface area (Å²) in [5.74, 6) is -1.08. The van der Waals surface area contributed by atoms with Crippen molar-refractivity contribution in [1.29, 1.82) is 0 Å². The highest BCUT2D eigenvalue weighted by molar-refractivity contribution is 6.30. The fourth-order valence-electron chi connectivity index (χ4n) is 2.65. The quantitative estimate of drug-likeness (QED) is 0.864. The van der Waals surface area contributed by atoms with E-state index >= 15 is 0 Å². The van der Waals surface area contributed by atoms with Crippen LogP contribution in [0.1, 0.15) is 31.4 Å². The van der Waals surface area contributed by atoms with E-state index in [4.69, 9.17) is 11.6 Å². The molecule has 0 saturated carbocycles. The van der Waals surface area contributed by atoms with Crippen molar-refractivity contribution in [3.63, 3.8) is 0 Å². The molecule has 2 rings (SSSR count). The van der Waals surface area contributed by atoms with Gasteiger partial charge in [0.05, 0.1) is 0 Å². The Morgan fingerprint density at radius 2 is 1.71 bits per heavy atom. The van der Waals surface area contributed by atoms with Crippen LogP contribution in [0.2, 0.25) is 5.02 Å². The largest absolute Gasteiger partial charge is 0.314 e. The van der Waals surface area contributed by atoms with Gasteiger partial charge in [-0.25, -0.2) is 8.78 Å². The van der Waals surface area contributed by atoms with Gasteiger partial charge in [0.15, 0.2) is 0 Å². The Balaban J connectivity index is 0.00000200. The van der Waals surface area contributed by atoms with Crippen molar-refractivity contribution in [2.75, 3.05) is 26.2 Å². The molecule has 21 heavy (non-hydrogen) atoms. The van der Waals surface area contributed by atoms with E-state index in [0.29, 0.717) is 0 Å². The van der Waals surface area contributed by atoms with E-state index in [1.54, 1.807) is 0 Å². The van der Waals surface area contributed by atoms with Crippen LogP contribution in [-0.4, -0.2) is 31.1 Å². The summed E-state index contributed by atoms with van der Waals surface area (Å²) in [5, 5.41) is 3.36. The van der Waals surface area contributed by atoms with Crippen LogP contribution in [0.3, 0.4) is 0 Å². The zero-order chi connectivity index (χ0) is 13.8. The molecule has 1 aromatic rings. The SMILES string of the molecule is CCC[C@H](c1c(F)cc(Cl)cc1F)N1CCNCC1.Cl.Cl. The summed E-state index contributed by atoms with van der Waals surface area (Å²) in [6.07, 6.45) is 1.63. The highest BCUT2D eigenvalue weighted by Crippen LogP contribution is 2.32. The normalized spacial score (nSPS) is 16.8. The Labute approximate surface area is 142 Å². The third-order valence-corrected chi connectivity index (χ3v) is 3.75. The van der Waals surface area contributed by atoms with Crippen LogP contribution in [0.4, 0.5) is 8.78 Å². The minimum atomic E-state index is -0.540. The number of piperazine rings is 1. The number of benzene rings is 1. The molecule has 1 atom stereocenters. The van der Waals surface area contributed by atoms with Gasteiger partial charge in [0.1, 0.15) is 11.6 Å². The van der Waals surface area contributed by atoms with Gasteiger partial charge in [-0.3, -0.25) is 4.90 Å². The number of nitrogens with zero attached hydrogens (tertiary/aromatic N) is 1. The summed E-state index contributed by atoms with van der Waals surface area (Å²) < 4.78 is 28.1. The fraction of sp³-hybridized carbons (Fsp3) is 0.571. The molecule has 1 N–H and O–H groups in total. The van der Waals surface area contributed by atoms with Crippen LogP contribution < -0.4 is 5.32 Å². The first kappa shape index (κ1) is 20.9. The van der Waals surface area contributed by atoms with E-state index in [2.05, 4.69) is 10.2 Å². The Morgan fingerprint density at radius 1 is 1.19 bits per heavy atom. The average Bonchev–Trinajstić information content (AvgIpc) is 2.37. The molecule has 1 heterocycles. The summed E-state index contributed by atoms with van der Waals surface area (Å²) in [7, 11) is 0. The molecule has 0 unspecified atom stereocenters. The summed E-state index contributed by atoms with van der Waals surface area (Å²) in [6.45, 7) is 5.37. The van der Waals surface area contributed by atoms with Gasteiger partial charge in [-0.05, 0) is 18.6 Å². The van der Waals surface area contributed by atoms with Gasteiger partial charge >= 0.3 is 0 Å². The maximum atomic E-state index is 14.1. The van der Waals surface area contributed by atoms with Crippen molar-refractivity contribution in [2.45, 2.75) is 25.8 Å². The lowest BCUT2D eigenvalue weighted by Gasteiger charge is -2.35. The van der Waals surface area contributed by atoms with Crippen LogP contribution >= 0.6 is 36.4 Å². The molecule has 0 aromatic heterocycles. The number of halogens is 5. The Bertz CT molecular complexity index is 417. The molecule has 1 aliphatic heterocycles. The second-order valence-corrected chi connectivity index (χ2v) is 5.31. The lowest BCUT2D eigenvalue weighted by molar-refractivity contribution is 0.158. The van der Waals surface area contributed by atoms with Gasteiger partial charge in [-0.2, -0.15) is 0 Å². The Hall–Kier alpha value is -0.130. The molecular formula is C14H21Cl3F2N2. The molecule has 1 aromatic carbocycles. The second kappa shape index (κ2) is 9.80. The molecule has 0 amide bonds. The molecule has 122 valence electrons. The number of hydrogen-bond donors (Lipinski definition) is 1. The van der Waals surface area contributed by atoms with E-state index in [-0.39, 0.29) is 41.4 Å². The van der Waals surface area contributed by atoms with Gasteiger partial charge in [0.2, 0.25) is 0 Å². The van der Waals surface area contributed by atoms with Crippen molar-refractivity contribution >= 4 is 36.4 Å². The van der Waals surface area contributed by atoms with Crippen molar-refractivity contribution in [3.8, 4) is 0 Å². The van der Waals surface area contributed by atoms with E-state index in [1.807, 2.05) is 6.92 Å². The fourth-order valence-corrected chi connectivity index (χ4v) is 2.84. The topological polar surface area (TPSA) is 15.3 Å². The summed E-state index contributed by atoms with van der Waals surface area (Å²) in [4.78, 5) is 2.15. The molecule has 1 saturated heterocycles. The van der Waals surface area contributed by atoms with Crippen molar-refractivity contribution in [1.82, 2.24) is 10.2 Å².